The first-order valence-corrected chi connectivity index (χ1v) is 9.35. The van der Waals surface area contributed by atoms with Gasteiger partial charge in [0, 0.05) is 5.69 Å². The normalized spacial score (nSPS) is 10.8. The molecule has 1 heterocycles. The second-order valence-electron chi connectivity index (χ2n) is 6.14. The fourth-order valence-corrected chi connectivity index (χ4v) is 3.39. The maximum atomic E-state index is 13.1. The maximum absolute atomic E-state index is 13.1. The molecule has 3 aromatic rings. The van der Waals surface area contributed by atoms with E-state index in [0.29, 0.717) is 17.5 Å². The lowest BCUT2D eigenvalue weighted by Crippen LogP contribution is -2.14. The second-order valence-corrected chi connectivity index (χ2v) is 7.08. The van der Waals surface area contributed by atoms with Gasteiger partial charge in [0.25, 0.3) is 0 Å². The summed E-state index contributed by atoms with van der Waals surface area (Å²) in [7, 11) is 0. The number of hydrogen-bond acceptors (Lipinski definition) is 5. The predicted octanol–water partition coefficient (Wildman–Crippen LogP) is 3.21. The van der Waals surface area contributed by atoms with Crippen molar-refractivity contribution in [1.82, 2.24) is 14.8 Å². The number of aromatic nitrogens is 3. The molecule has 0 bridgehead atoms. The standard InChI is InChI=1S/C19H20FN5OS/c1-12-3-8-16(13(2)9-12)25-18(23-24-19(25)27-11-17(21)26)10-22-15-6-4-14(20)5-7-15/h3-9,22H,10-11H2,1-2H3,(H2,21,26). The molecule has 0 aliphatic heterocycles. The van der Waals surface area contributed by atoms with Gasteiger partial charge >= 0.3 is 0 Å². The van der Waals surface area contributed by atoms with Crippen molar-refractivity contribution in [3.63, 3.8) is 0 Å². The highest BCUT2D eigenvalue weighted by Gasteiger charge is 2.16. The van der Waals surface area contributed by atoms with Gasteiger partial charge in [0.05, 0.1) is 18.0 Å². The number of hydrogen-bond donors (Lipinski definition) is 2. The monoisotopic (exact) mass is 385 g/mol. The van der Waals surface area contributed by atoms with Gasteiger partial charge in [0.2, 0.25) is 5.91 Å². The van der Waals surface area contributed by atoms with Crippen LogP contribution >= 0.6 is 11.8 Å². The smallest absolute Gasteiger partial charge is 0.227 e. The fourth-order valence-electron chi connectivity index (χ4n) is 2.69. The van der Waals surface area contributed by atoms with E-state index in [1.54, 1.807) is 12.1 Å². The van der Waals surface area contributed by atoms with E-state index < -0.39 is 5.91 Å². The molecule has 2 aromatic carbocycles. The van der Waals surface area contributed by atoms with E-state index >= 15 is 0 Å². The van der Waals surface area contributed by atoms with Crippen molar-refractivity contribution in [3.05, 3.63) is 65.2 Å². The molecule has 3 rings (SSSR count). The number of thioether (sulfide) groups is 1. The van der Waals surface area contributed by atoms with E-state index in [1.807, 2.05) is 30.5 Å². The summed E-state index contributed by atoms with van der Waals surface area (Å²) < 4.78 is 15.0. The van der Waals surface area contributed by atoms with Gasteiger partial charge in [-0.3, -0.25) is 9.36 Å². The first kappa shape index (κ1) is 18.9. The molecule has 1 aromatic heterocycles. The van der Waals surface area contributed by atoms with Gasteiger partial charge < -0.3 is 11.1 Å². The van der Waals surface area contributed by atoms with Crippen molar-refractivity contribution in [3.8, 4) is 5.69 Å². The summed E-state index contributed by atoms with van der Waals surface area (Å²) in [6.45, 7) is 4.44. The molecular weight excluding hydrogens is 365 g/mol. The minimum absolute atomic E-state index is 0.119. The molecule has 140 valence electrons. The van der Waals surface area contributed by atoms with Crippen molar-refractivity contribution < 1.29 is 9.18 Å². The van der Waals surface area contributed by atoms with Crippen LogP contribution in [0, 0.1) is 19.7 Å². The highest BCUT2D eigenvalue weighted by Crippen LogP contribution is 2.25. The molecule has 0 aliphatic carbocycles. The average Bonchev–Trinajstić information content (AvgIpc) is 3.02. The van der Waals surface area contributed by atoms with Crippen LogP contribution in [0.15, 0.2) is 47.6 Å². The SMILES string of the molecule is Cc1ccc(-n2c(CNc3ccc(F)cc3)nnc2SCC(N)=O)c(C)c1. The molecule has 0 saturated heterocycles. The molecule has 27 heavy (non-hydrogen) atoms. The lowest BCUT2D eigenvalue weighted by Gasteiger charge is -2.14. The number of benzene rings is 2. The fraction of sp³-hybridized carbons (Fsp3) is 0.211. The number of carbonyl (C=O) groups excluding carboxylic acids is 1. The van der Waals surface area contributed by atoms with Crippen molar-refractivity contribution >= 4 is 23.4 Å². The number of nitrogens with one attached hydrogen (secondary N) is 1. The molecule has 0 radical (unpaired) electrons. The zero-order valence-electron chi connectivity index (χ0n) is 15.1. The molecule has 0 spiro atoms. The topological polar surface area (TPSA) is 85.8 Å². The summed E-state index contributed by atoms with van der Waals surface area (Å²) >= 11 is 1.24. The average molecular weight is 385 g/mol. The van der Waals surface area contributed by atoms with Gasteiger partial charge in [0.1, 0.15) is 5.82 Å². The first-order valence-electron chi connectivity index (χ1n) is 8.36. The summed E-state index contributed by atoms with van der Waals surface area (Å²) in [5.41, 5.74) is 9.21. The van der Waals surface area contributed by atoms with Crippen molar-refractivity contribution in [1.29, 1.82) is 0 Å². The molecule has 3 N–H and O–H groups in total. The molecule has 8 heteroatoms. The van der Waals surface area contributed by atoms with Crippen molar-refractivity contribution in [2.45, 2.75) is 25.5 Å². The summed E-state index contributed by atoms with van der Waals surface area (Å²) in [6, 6.07) is 12.2. The molecular formula is C19H20FN5OS. The van der Waals surface area contributed by atoms with Gasteiger partial charge in [-0.2, -0.15) is 0 Å². The molecule has 0 unspecified atom stereocenters. The Morgan fingerprint density at radius 1 is 1.19 bits per heavy atom. The van der Waals surface area contributed by atoms with Gasteiger partial charge in [-0.05, 0) is 49.7 Å². The number of nitrogens with zero attached hydrogens (tertiary/aromatic N) is 3. The summed E-state index contributed by atoms with van der Waals surface area (Å²) in [6.07, 6.45) is 0. The van der Waals surface area contributed by atoms with Crippen LogP contribution in [0.2, 0.25) is 0 Å². The van der Waals surface area contributed by atoms with Gasteiger partial charge in [0.15, 0.2) is 11.0 Å². The maximum Gasteiger partial charge on any atom is 0.227 e. The van der Waals surface area contributed by atoms with Crippen LogP contribution in [0.5, 0.6) is 0 Å². The van der Waals surface area contributed by atoms with E-state index in [9.17, 15) is 9.18 Å². The van der Waals surface area contributed by atoms with Crippen molar-refractivity contribution in [2.75, 3.05) is 11.1 Å². The van der Waals surface area contributed by atoms with E-state index in [2.05, 4.69) is 21.6 Å². The largest absolute Gasteiger partial charge is 0.378 e. The van der Waals surface area contributed by atoms with E-state index in [-0.39, 0.29) is 11.6 Å². The van der Waals surface area contributed by atoms with Crippen LogP contribution in [0.25, 0.3) is 5.69 Å². The summed E-state index contributed by atoms with van der Waals surface area (Å²) in [5.74, 6) is 0.0950. The number of amides is 1. The van der Waals surface area contributed by atoms with Crippen LogP contribution in [0.1, 0.15) is 17.0 Å². The van der Waals surface area contributed by atoms with E-state index in [1.165, 1.54) is 23.9 Å². The quantitative estimate of drug-likeness (QED) is 0.610. The molecule has 0 aliphatic rings. The Balaban J connectivity index is 1.92. The number of halogens is 1. The van der Waals surface area contributed by atoms with Gasteiger partial charge in [-0.15, -0.1) is 10.2 Å². The lowest BCUT2D eigenvalue weighted by molar-refractivity contribution is -0.115. The third-order valence-corrected chi connectivity index (χ3v) is 4.88. The Morgan fingerprint density at radius 3 is 2.59 bits per heavy atom. The van der Waals surface area contributed by atoms with Crippen LogP contribution in [-0.2, 0) is 11.3 Å². The molecule has 1 amide bonds. The minimum Gasteiger partial charge on any atom is -0.378 e. The Morgan fingerprint density at radius 2 is 1.93 bits per heavy atom. The zero-order valence-corrected chi connectivity index (χ0v) is 15.9. The third kappa shape index (κ3) is 4.65. The lowest BCUT2D eigenvalue weighted by atomic mass is 10.1. The summed E-state index contributed by atoms with van der Waals surface area (Å²) in [4.78, 5) is 11.2. The molecule has 0 fully saturated rings. The number of anilines is 1. The second kappa shape index (κ2) is 8.22. The predicted molar refractivity (Wildman–Crippen MR) is 104 cm³/mol. The van der Waals surface area contributed by atoms with Crippen LogP contribution < -0.4 is 11.1 Å². The molecule has 0 saturated carbocycles. The molecule has 0 atom stereocenters. The van der Waals surface area contributed by atoms with Crippen LogP contribution in [0.3, 0.4) is 0 Å². The zero-order chi connectivity index (χ0) is 19.4. The highest BCUT2D eigenvalue weighted by molar-refractivity contribution is 7.99. The minimum atomic E-state index is -0.416. The van der Waals surface area contributed by atoms with E-state index in [4.69, 9.17) is 5.73 Å². The number of carbonyl (C=O) groups is 1. The Hall–Kier alpha value is -2.87. The number of aryl methyl sites for hydroxylation is 2. The van der Waals surface area contributed by atoms with Gasteiger partial charge in [-0.1, -0.05) is 29.5 Å². The first-order chi connectivity index (χ1) is 12.9. The third-order valence-electron chi connectivity index (χ3n) is 3.93. The number of rotatable bonds is 7. The van der Waals surface area contributed by atoms with Crippen LogP contribution in [-0.4, -0.2) is 26.4 Å². The van der Waals surface area contributed by atoms with Crippen LogP contribution in [0.4, 0.5) is 10.1 Å². The van der Waals surface area contributed by atoms with E-state index in [0.717, 1.165) is 22.5 Å². The Bertz CT molecular complexity index is 955. The van der Waals surface area contributed by atoms with Gasteiger partial charge in [-0.25, -0.2) is 4.39 Å². The molecule has 6 nitrogen and oxygen atoms in total. The Labute approximate surface area is 161 Å². The Kier molecular flexibility index (Phi) is 5.75. The number of nitrogens with two attached hydrogens (primary N) is 1. The highest BCUT2D eigenvalue weighted by atomic mass is 32.2. The number of primary amides is 1. The summed E-state index contributed by atoms with van der Waals surface area (Å²) in [5, 5.41) is 12.3. The van der Waals surface area contributed by atoms with Crippen molar-refractivity contribution in [2.24, 2.45) is 5.73 Å².